The topological polar surface area (TPSA) is 32.3 Å². The minimum atomic E-state index is -0.426. The van der Waals surface area contributed by atoms with Crippen LogP contribution in [0.15, 0.2) is 24.3 Å². The lowest BCUT2D eigenvalue weighted by molar-refractivity contribution is 0.106. The van der Waals surface area contributed by atoms with E-state index >= 15 is 0 Å². The van der Waals surface area contributed by atoms with E-state index in [0.29, 0.717) is 5.92 Å². The average molecular weight is 289 g/mol. The predicted octanol–water partition coefficient (Wildman–Crippen LogP) is 4.40. The number of likely N-dealkylation sites (N-methyl/N-ethyl adjacent to an activating group) is 1. The van der Waals surface area contributed by atoms with Gasteiger partial charge in [-0.3, -0.25) is 0 Å². The van der Waals surface area contributed by atoms with Crippen LogP contribution < -0.4 is 5.32 Å². The molecule has 1 fully saturated rings. The Morgan fingerprint density at radius 2 is 1.71 bits per heavy atom. The van der Waals surface area contributed by atoms with E-state index in [1.807, 2.05) is 0 Å². The molecular formula is C19H31NO. The van der Waals surface area contributed by atoms with Crippen molar-refractivity contribution in [3.63, 3.8) is 0 Å². The van der Waals surface area contributed by atoms with Gasteiger partial charge in [0.1, 0.15) is 0 Å². The van der Waals surface area contributed by atoms with Gasteiger partial charge >= 0.3 is 0 Å². The van der Waals surface area contributed by atoms with E-state index in [1.54, 1.807) is 0 Å². The zero-order valence-electron chi connectivity index (χ0n) is 13.8. The standard InChI is InChI=1S/C19H31NO/c1-4-20-18(14(2)3)19(21)17-12-10-16(11-13-17)15-8-6-5-7-9-15/h10-15,18-21H,4-9H2,1-3H3. The van der Waals surface area contributed by atoms with Gasteiger partial charge in [0.2, 0.25) is 0 Å². The largest absolute Gasteiger partial charge is 0.387 e. The molecule has 0 aromatic heterocycles. The second-order valence-electron chi connectivity index (χ2n) is 6.77. The lowest BCUT2D eigenvalue weighted by Crippen LogP contribution is -2.39. The van der Waals surface area contributed by atoms with E-state index in [2.05, 4.69) is 50.4 Å². The summed E-state index contributed by atoms with van der Waals surface area (Å²) in [6.07, 6.45) is 6.36. The summed E-state index contributed by atoms with van der Waals surface area (Å²) in [5, 5.41) is 14.0. The van der Waals surface area contributed by atoms with Gasteiger partial charge in [-0.05, 0) is 42.3 Å². The van der Waals surface area contributed by atoms with E-state index in [1.165, 1.54) is 37.7 Å². The average Bonchev–Trinajstić information content (AvgIpc) is 2.53. The first-order valence-electron chi connectivity index (χ1n) is 8.64. The minimum absolute atomic E-state index is 0.121. The van der Waals surface area contributed by atoms with Gasteiger partial charge in [0.25, 0.3) is 0 Å². The lowest BCUT2D eigenvalue weighted by Gasteiger charge is -2.28. The lowest BCUT2D eigenvalue weighted by atomic mass is 9.83. The van der Waals surface area contributed by atoms with Crippen LogP contribution >= 0.6 is 0 Å². The van der Waals surface area contributed by atoms with Crippen LogP contribution in [0.1, 0.15) is 76.0 Å². The summed E-state index contributed by atoms with van der Waals surface area (Å²) in [6, 6.07) is 8.84. The number of aliphatic hydroxyl groups is 1. The third kappa shape index (κ3) is 4.31. The highest BCUT2D eigenvalue weighted by Gasteiger charge is 2.23. The van der Waals surface area contributed by atoms with Crippen LogP contribution in [-0.2, 0) is 0 Å². The number of nitrogens with one attached hydrogen (secondary N) is 1. The van der Waals surface area contributed by atoms with Gasteiger partial charge in [0.05, 0.1) is 6.10 Å². The van der Waals surface area contributed by atoms with Crippen molar-refractivity contribution in [2.45, 2.75) is 70.9 Å². The molecule has 2 rings (SSSR count). The molecule has 2 unspecified atom stereocenters. The number of benzene rings is 1. The SMILES string of the molecule is CCNC(C(C)C)C(O)c1ccc(C2CCCCC2)cc1. The van der Waals surface area contributed by atoms with E-state index in [0.717, 1.165) is 18.0 Å². The molecule has 1 aliphatic carbocycles. The fraction of sp³-hybridized carbons (Fsp3) is 0.684. The van der Waals surface area contributed by atoms with E-state index < -0.39 is 6.10 Å². The Morgan fingerprint density at radius 3 is 2.24 bits per heavy atom. The maximum absolute atomic E-state index is 10.6. The summed E-state index contributed by atoms with van der Waals surface area (Å²) in [7, 11) is 0. The molecule has 1 saturated carbocycles. The van der Waals surface area contributed by atoms with Gasteiger partial charge in [-0.1, -0.05) is 64.3 Å². The zero-order valence-corrected chi connectivity index (χ0v) is 13.8. The third-order valence-electron chi connectivity index (χ3n) is 4.85. The fourth-order valence-electron chi connectivity index (χ4n) is 3.56. The molecule has 1 aromatic carbocycles. The second-order valence-corrected chi connectivity index (χ2v) is 6.77. The Balaban J connectivity index is 2.06. The molecule has 0 saturated heterocycles. The highest BCUT2D eigenvalue weighted by atomic mass is 16.3. The normalized spacial score (nSPS) is 19.7. The van der Waals surface area contributed by atoms with Crippen molar-refractivity contribution in [2.75, 3.05) is 6.54 Å². The predicted molar refractivity (Wildman–Crippen MR) is 89.5 cm³/mol. The van der Waals surface area contributed by atoms with Crippen LogP contribution in [0.4, 0.5) is 0 Å². The molecule has 0 radical (unpaired) electrons. The summed E-state index contributed by atoms with van der Waals surface area (Å²) >= 11 is 0. The summed E-state index contributed by atoms with van der Waals surface area (Å²) in [4.78, 5) is 0. The molecule has 1 aliphatic rings. The number of aliphatic hydroxyl groups excluding tert-OH is 1. The van der Waals surface area contributed by atoms with Crippen molar-refractivity contribution in [3.8, 4) is 0 Å². The summed E-state index contributed by atoms with van der Waals surface area (Å²) in [5.74, 6) is 1.15. The number of rotatable bonds is 6. The molecule has 2 atom stereocenters. The molecular weight excluding hydrogens is 258 g/mol. The third-order valence-corrected chi connectivity index (χ3v) is 4.85. The molecule has 0 amide bonds. The van der Waals surface area contributed by atoms with Crippen molar-refractivity contribution in [1.29, 1.82) is 0 Å². The molecule has 2 nitrogen and oxygen atoms in total. The van der Waals surface area contributed by atoms with E-state index in [9.17, 15) is 5.11 Å². The van der Waals surface area contributed by atoms with Gasteiger partial charge in [-0.25, -0.2) is 0 Å². The van der Waals surface area contributed by atoms with Crippen LogP contribution in [0.3, 0.4) is 0 Å². The van der Waals surface area contributed by atoms with Gasteiger partial charge in [0, 0.05) is 6.04 Å². The van der Waals surface area contributed by atoms with Crippen molar-refractivity contribution < 1.29 is 5.11 Å². The molecule has 1 aromatic rings. The fourth-order valence-corrected chi connectivity index (χ4v) is 3.56. The first-order valence-corrected chi connectivity index (χ1v) is 8.64. The monoisotopic (exact) mass is 289 g/mol. The molecule has 0 bridgehead atoms. The summed E-state index contributed by atoms with van der Waals surface area (Å²) in [5.41, 5.74) is 2.49. The maximum Gasteiger partial charge on any atom is 0.0945 e. The molecule has 118 valence electrons. The van der Waals surface area contributed by atoms with Crippen molar-refractivity contribution >= 4 is 0 Å². The zero-order chi connectivity index (χ0) is 15.2. The second kappa shape index (κ2) is 7.95. The quantitative estimate of drug-likeness (QED) is 0.813. The van der Waals surface area contributed by atoms with Crippen molar-refractivity contribution in [3.05, 3.63) is 35.4 Å². The van der Waals surface area contributed by atoms with Gasteiger partial charge in [-0.15, -0.1) is 0 Å². The summed E-state index contributed by atoms with van der Waals surface area (Å²) in [6.45, 7) is 7.30. The molecule has 21 heavy (non-hydrogen) atoms. The van der Waals surface area contributed by atoms with Crippen molar-refractivity contribution in [1.82, 2.24) is 5.32 Å². The van der Waals surface area contributed by atoms with Crippen molar-refractivity contribution in [2.24, 2.45) is 5.92 Å². The van der Waals surface area contributed by atoms with Gasteiger partial charge in [-0.2, -0.15) is 0 Å². The summed E-state index contributed by atoms with van der Waals surface area (Å²) < 4.78 is 0. The molecule has 0 aliphatic heterocycles. The highest BCUT2D eigenvalue weighted by Crippen LogP contribution is 2.33. The Kier molecular flexibility index (Phi) is 6.25. The number of hydrogen-bond acceptors (Lipinski definition) is 2. The van der Waals surface area contributed by atoms with Crippen LogP contribution in [0, 0.1) is 5.92 Å². The van der Waals surface area contributed by atoms with E-state index in [4.69, 9.17) is 0 Å². The van der Waals surface area contributed by atoms with Crippen LogP contribution in [0.2, 0.25) is 0 Å². The Hall–Kier alpha value is -0.860. The molecule has 0 heterocycles. The highest BCUT2D eigenvalue weighted by molar-refractivity contribution is 5.28. The van der Waals surface area contributed by atoms with E-state index in [-0.39, 0.29) is 6.04 Å². The smallest absolute Gasteiger partial charge is 0.0945 e. The van der Waals surface area contributed by atoms with Gasteiger partial charge in [0.15, 0.2) is 0 Å². The first kappa shape index (κ1) is 16.5. The first-order chi connectivity index (χ1) is 10.1. The Morgan fingerprint density at radius 1 is 1.10 bits per heavy atom. The Labute approximate surface area is 130 Å². The molecule has 0 spiro atoms. The van der Waals surface area contributed by atoms with Crippen LogP contribution in [0.25, 0.3) is 0 Å². The van der Waals surface area contributed by atoms with Crippen LogP contribution in [-0.4, -0.2) is 17.7 Å². The maximum atomic E-state index is 10.6. The molecule has 2 N–H and O–H groups in total. The minimum Gasteiger partial charge on any atom is -0.387 e. The molecule has 2 heteroatoms. The van der Waals surface area contributed by atoms with Gasteiger partial charge < -0.3 is 10.4 Å². The number of hydrogen-bond donors (Lipinski definition) is 2. The van der Waals surface area contributed by atoms with Crippen LogP contribution in [0.5, 0.6) is 0 Å². The Bertz CT molecular complexity index is 406.